The molecule has 0 aliphatic heterocycles. The van der Waals surface area contributed by atoms with Gasteiger partial charge in [0, 0.05) is 17.3 Å². The highest BCUT2D eigenvalue weighted by molar-refractivity contribution is 6.30. The average molecular weight is 210 g/mol. The van der Waals surface area contributed by atoms with Gasteiger partial charge in [0.15, 0.2) is 0 Å². The molecule has 0 radical (unpaired) electrons. The van der Waals surface area contributed by atoms with Crippen LogP contribution in [0.25, 0.3) is 5.52 Å². The quantitative estimate of drug-likeness (QED) is 0.784. The standard InChI is InChI=1S/C10H12ClN3/c1-6(12)10-9-5-8(11)3-4-14(9)7(2)13-10/h3-6H,12H2,1-2H3. The Kier molecular flexibility index (Phi) is 2.21. The highest BCUT2D eigenvalue weighted by Crippen LogP contribution is 2.21. The number of imidazole rings is 1. The molecule has 4 heteroatoms. The van der Waals surface area contributed by atoms with E-state index in [-0.39, 0.29) is 6.04 Å². The molecule has 0 amide bonds. The van der Waals surface area contributed by atoms with E-state index in [1.807, 2.05) is 36.6 Å². The van der Waals surface area contributed by atoms with Crippen molar-refractivity contribution in [3.05, 3.63) is 34.9 Å². The zero-order valence-corrected chi connectivity index (χ0v) is 8.92. The van der Waals surface area contributed by atoms with Gasteiger partial charge in [-0.05, 0) is 26.0 Å². The van der Waals surface area contributed by atoms with Gasteiger partial charge in [0.2, 0.25) is 0 Å². The highest BCUT2D eigenvalue weighted by Gasteiger charge is 2.11. The molecule has 0 aliphatic carbocycles. The molecule has 0 bridgehead atoms. The number of rotatable bonds is 1. The summed E-state index contributed by atoms with van der Waals surface area (Å²) in [6, 6.07) is 3.66. The van der Waals surface area contributed by atoms with Crippen molar-refractivity contribution in [2.75, 3.05) is 0 Å². The van der Waals surface area contributed by atoms with Gasteiger partial charge in [-0.3, -0.25) is 0 Å². The number of aromatic nitrogens is 2. The molecule has 1 unspecified atom stereocenters. The molecule has 14 heavy (non-hydrogen) atoms. The van der Waals surface area contributed by atoms with E-state index >= 15 is 0 Å². The average Bonchev–Trinajstić information content (AvgIpc) is 2.43. The number of halogens is 1. The first-order valence-electron chi connectivity index (χ1n) is 4.49. The lowest BCUT2D eigenvalue weighted by atomic mass is 10.2. The lowest BCUT2D eigenvalue weighted by Crippen LogP contribution is -2.05. The van der Waals surface area contributed by atoms with Crippen molar-refractivity contribution in [2.24, 2.45) is 5.73 Å². The van der Waals surface area contributed by atoms with Crippen LogP contribution in [0, 0.1) is 6.92 Å². The van der Waals surface area contributed by atoms with Gasteiger partial charge < -0.3 is 10.1 Å². The number of hydrogen-bond donors (Lipinski definition) is 1. The third-order valence-corrected chi connectivity index (χ3v) is 2.48. The van der Waals surface area contributed by atoms with Crippen LogP contribution in [-0.4, -0.2) is 9.38 Å². The summed E-state index contributed by atoms with van der Waals surface area (Å²) in [7, 11) is 0. The van der Waals surface area contributed by atoms with E-state index in [1.54, 1.807) is 0 Å². The summed E-state index contributed by atoms with van der Waals surface area (Å²) in [5.41, 5.74) is 7.71. The van der Waals surface area contributed by atoms with Crippen LogP contribution in [0.15, 0.2) is 18.3 Å². The molecule has 0 aliphatic rings. The Hall–Kier alpha value is -1.06. The van der Waals surface area contributed by atoms with Gasteiger partial charge in [-0.1, -0.05) is 11.6 Å². The maximum absolute atomic E-state index is 5.92. The first kappa shape index (κ1) is 9.49. The Balaban J connectivity index is 2.79. The Morgan fingerprint density at radius 3 is 2.93 bits per heavy atom. The van der Waals surface area contributed by atoms with Crippen molar-refractivity contribution in [1.29, 1.82) is 0 Å². The predicted molar refractivity (Wildman–Crippen MR) is 57.5 cm³/mol. The third-order valence-electron chi connectivity index (χ3n) is 2.24. The fourth-order valence-electron chi connectivity index (χ4n) is 1.57. The maximum atomic E-state index is 5.92. The van der Waals surface area contributed by atoms with Gasteiger partial charge in [-0.2, -0.15) is 0 Å². The fraction of sp³-hybridized carbons (Fsp3) is 0.300. The van der Waals surface area contributed by atoms with Crippen molar-refractivity contribution in [2.45, 2.75) is 19.9 Å². The molecule has 0 saturated heterocycles. The zero-order chi connectivity index (χ0) is 10.3. The van der Waals surface area contributed by atoms with Crippen LogP contribution in [0.1, 0.15) is 24.5 Å². The van der Waals surface area contributed by atoms with Crippen molar-refractivity contribution < 1.29 is 0 Å². The summed E-state index contributed by atoms with van der Waals surface area (Å²) in [5, 5.41) is 0.708. The first-order valence-corrected chi connectivity index (χ1v) is 4.87. The summed E-state index contributed by atoms with van der Waals surface area (Å²) in [6.45, 7) is 3.87. The second-order valence-corrected chi connectivity index (χ2v) is 3.87. The molecule has 2 rings (SSSR count). The molecule has 0 aromatic carbocycles. The van der Waals surface area contributed by atoms with E-state index in [9.17, 15) is 0 Å². The van der Waals surface area contributed by atoms with Crippen LogP contribution in [0.4, 0.5) is 0 Å². The predicted octanol–water partition coefficient (Wildman–Crippen LogP) is 2.32. The second-order valence-electron chi connectivity index (χ2n) is 3.43. The molecular weight excluding hydrogens is 198 g/mol. The lowest BCUT2D eigenvalue weighted by Gasteiger charge is -2.01. The number of nitrogens with zero attached hydrogens (tertiary/aromatic N) is 2. The zero-order valence-electron chi connectivity index (χ0n) is 8.16. The number of aryl methyl sites for hydroxylation is 1. The molecule has 0 spiro atoms. The summed E-state index contributed by atoms with van der Waals surface area (Å²) in [5.74, 6) is 0.934. The smallest absolute Gasteiger partial charge is 0.110 e. The fourth-order valence-corrected chi connectivity index (χ4v) is 1.73. The number of nitrogens with two attached hydrogens (primary N) is 1. The summed E-state index contributed by atoms with van der Waals surface area (Å²) >= 11 is 5.92. The topological polar surface area (TPSA) is 43.3 Å². The Bertz CT molecular complexity index is 473. The second kappa shape index (κ2) is 3.26. The van der Waals surface area contributed by atoms with E-state index < -0.39 is 0 Å². The van der Waals surface area contributed by atoms with Gasteiger partial charge in [0.25, 0.3) is 0 Å². The third kappa shape index (κ3) is 1.38. The Morgan fingerprint density at radius 2 is 2.29 bits per heavy atom. The Labute approximate surface area is 87.5 Å². The van der Waals surface area contributed by atoms with E-state index in [4.69, 9.17) is 17.3 Å². The molecule has 2 aromatic rings. The SMILES string of the molecule is Cc1nc(C(C)N)c2cc(Cl)ccn12. The van der Waals surface area contributed by atoms with Gasteiger partial charge in [-0.25, -0.2) is 4.98 Å². The van der Waals surface area contributed by atoms with Crippen molar-refractivity contribution in [3.8, 4) is 0 Å². The molecular formula is C10H12ClN3. The van der Waals surface area contributed by atoms with Crippen molar-refractivity contribution in [1.82, 2.24) is 9.38 Å². The lowest BCUT2D eigenvalue weighted by molar-refractivity contribution is 0.793. The number of pyridine rings is 1. The van der Waals surface area contributed by atoms with Gasteiger partial charge >= 0.3 is 0 Å². The maximum Gasteiger partial charge on any atom is 0.110 e. The van der Waals surface area contributed by atoms with Crippen LogP contribution in [0.5, 0.6) is 0 Å². The summed E-state index contributed by atoms with van der Waals surface area (Å²) < 4.78 is 1.99. The molecule has 0 saturated carbocycles. The van der Waals surface area contributed by atoms with Crippen molar-refractivity contribution in [3.63, 3.8) is 0 Å². The molecule has 2 heterocycles. The van der Waals surface area contributed by atoms with Gasteiger partial charge in [0.05, 0.1) is 11.2 Å². The molecule has 3 nitrogen and oxygen atoms in total. The van der Waals surface area contributed by atoms with Crippen LogP contribution >= 0.6 is 11.6 Å². The largest absolute Gasteiger partial charge is 0.323 e. The van der Waals surface area contributed by atoms with Crippen LogP contribution < -0.4 is 5.73 Å². The minimum atomic E-state index is -0.0721. The summed E-state index contributed by atoms with van der Waals surface area (Å²) in [6.07, 6.45) is 1.91. The molecule has 0 fully saturated rings. The molecule has 2 aromatic heterocycles. The van der Waals surface area contributed by atoms with E-state index in [0.717, 1.165) is 17.0 Å². The number of hydrogen-bond acceptors (Lipinski definition) is 2. The number of fused-ring (bicyclic) bond motifs is 1. The minimum Gasteiger partial charge on any atom is -0.323 e. The molecule has 74 valence electrons. The normalized spacial score (nSPS) is 13.4. The van der Waals surface area contributed by atoms with E-state index in [1.165, 1.54) is 0 Å². The Morgan fingerprint density at radius 1 is 1.57 bits per heavy atom. The van der Waals surface area contributed by atoms with Crippen LogP contribution in [0.3, 0.4) is 0 Å². The van der Waals surface area contributed by atoms with E-state index in [2.05, 4.69) is 4.98 Å². The monoisotopic (exact) mass is 209 g/mol. The van der Waals surface area contributed by atoms with Crippen molar-refractivity contribution >= 4 is 17.1 Å². The van der Waals surface area contributed by atoms with Crippen LogP contribution in [0.2, 0.25) is 5.02 Å². The first-order chi connectivity index (χ1) is 6.59. The van der Waals surface area contributed by atoms with Gasteiger partial charge in [-0.15, -0.1) is 0 Å². The van der Waals surface area contributed by atoms with Crippen LogP contribution in [-0.2, 0) is 0 Å². The van der Waals surface area contributed by atoms with Gasteiger partial charge in [0.1, 0.15) is 5.82 Å². The summed E-state index contributed by atoms with van der Waals surface area (Å²) in [4.78, 5) is 4.41. The minimum absolute atomic E-state index is 0.0721. The van der Waals surface area contributed by atoms with E-state index in [0.29, 0.717) is 5.02 Å². The molecule has 1 atom stereocenters. The highest BCUT2D eigenvalue weighted by atomic mass is 35.5. The molecule has 2 N–H and O–H groups in total.